The Kier molecular flexibility index (Phi) is 6.59. The van der Waals surface area contributed by atoms with E-state index in [1.807, 2.05) is 0 Å². The number of amides is 2. The van der Waals surface area contributed by atoms with Crippen LogP contribution in [0.3, 0.4) is 0 Å². The van der Waals surface area contributed by atoms with Gasteiger partial charge in [-0.05, 0) is 36.4 Å². The smallest absolute Gasteiger partial charge is 0.283 e. The van der Waals surface area contributed by atoms with Crippen molar-refractivity contribution < 1.29 is 18.0 Å². The predicted molar refractivity (Wildman–Crippen MR) is 130 cm³/mol. The quantitative estimate of drug-likeness (QED) is 0.309. The molecule has 4 rings (SSSR count). The largest absolute Gasteiger partial charge is 0.350 e. The molecule has 2 aromatic carbocycles. The average Bonchev–Trinajstić information content (AvgIpc) is 3.34. The lowest BCUT2D eigenvalue weighted by Gasteiger charge is -2.17. The van der Waals surface area contributed by atoms with E-state index in [0.717, 1.165) is 16.2 Å². The van der Waals surface area contributed by atoms with Crippen LogP contribution in [0.4, 0.5) is 16.5 Å². The number of halogens is 4. The van der Waals surface area contributed by atoms with Gasteiger partial charge in [-0.1, -0.05) is 46.4 Å². The van der Waals surface area contributed by atoms with Crippen LogP contribution >= 0.6 is 57.7 Å². The Hall–Kier alpha value is -2.34. The molecule has 0 fully saturated rings. The zero-order valence-corrected chi connectivity index (χ0v) is 20.6. The number of thiazole rings is 1. The third kappa shape index (κ3) is 4.68. The number of carbonyl (C=O) groups is 2. The molecule has 8 nitrogen and oxygen atoms in total. The topological polar surface area (TPSA) is 108 Å². The molecule has 0 spiro atoms. The lowest BCUT2D eigenvalue weighted by Crippen LogP contribution is -2.32. The van der Waals surface area contributed by atoms with E-state index in [4.69, 9.17) is 46.4 Å². The molecule has 1 aliphatic rings. The van der Waals surface area contributed by atoms with Crippen molar-refractivity contribution >= 4 is 96.1 Å². The molecule has 1 aromatic heterocycles. The molecule has 0 saturated heterocycles. The molecule has 2 N–H and O–H groups in total. The minimum atomic E-state index is -3.85. The zero-order chi connectivity index (χ0) is 23.9. The van der Waals surface area contributed by atoms with Gasteiger partial charge in [0.25, 0.3) is 21.8 Å². The molecule has 1 aliphatic heterocycles. The lowest BCUT2D eigenvalue weighted by molar-refractivity contribution is -0.120. The highest BCUT2D eigenvalue weighted by Crippen LogP contribution is 2.38. The molecular formula is C19H10Cl4N4O4S2. The summed E-state index contributed by atoms with van der Waals surface area (Å²) in [6, 6.07) is 8.06. The summed E-state index contributed by atoms with van der Waals surface area (Å²) in [5, 5.41) is 4.52. The van der Waals surface area contributed by atoms with Gasteiger partial charge in [-0.2, -0.15) is 0 Å². The van der Waals surface area contributed by atoms with E-state index in [0.29, 0.717) is 5.69 Å². The van der Waals surface area contributed by atoms with Gasteiger partial charge in [-0.25, -0.2) is 18.3 Å². The van der Waals surface area contributed by atoms with Crippen LogP contribution in [0.1, 0.15) is 0 Å². The second-order valence-electron chi connectivity index (χ2n) is 6.44. The molecule has 0 aliphatic carbocycles. The molecular weight excluding hydrogens is 554 g/mol. The van der Waals surface area contributed by atoms with Crippen molar-refractivity contribution in [2.24, 2.45) is 0 Å². The molecule has 170 valence electrons. The lowest BCUT2D eigenvalue weighted by atomic mass is 10.2. The van der Waals surface area contributed by atoms with Gasteiger partial charge in [0, 0.05) is 17.3 Å². The molecule has 2 amide bonds. The van der Waals surface area contributed by atoms with Crippen LogP contribution in [-0.4, -0.2) is 25.2 Å². The van der Waals surface area contributed by atoms with E-state index < -0.39 is 21.8 Å². The summed E-state index contributed by atoms with van der Waals surface area (Å²) in [5.41, 5.74) is 0.130. The van der Waals surface area contributed by atoms with Gasteiger partial charge in [0.2, 0.25) is 0 Å². The first-order valence-electron chi connectivity index (χ1n) is 8.81. The fourth-order valence-corrected chi connectivity index (χ4v) is 5.45. The molecule has 2 heterocycles. The Morgan fingerprint density at radius 2 is 1.58 bits per heavy atom. The highest BCUT2D eigenvalue weighted by atomic mass is 35.5. The molecule has 3 aromatic rings. The van der Waals surface area contributed by atoms with Crippen LogP contribution in [0.25, 0.3) is 0 Å². The van der Waals surface area contributed by atoms with E-state index in [1.165, 1.54) is 42.6 Å². The first-order chi connectivity index (χ1) is 15.6. The molecule has 33 heavy (non-hydrogen) atoms. The van der Waals surface area contributed by atoms with Gasteiger partial charge in [0.15, 0.2) is 5.13 Å². The van der Waals surface area contributed by atoms with Crippen LogP contribution in [0.2, 0.25) is 15.1 Å². The van der Waals surface area contributed by atoms with Gasteiger partial charge < -0.3 is 5.32 Å². The van der Waals surface area contributed by atoms with E-state index in [9.17, 15) is 18.0 Å². The zero-order valence-electron chi connectivity index (χ0n) is 16.0. The van der Waals surface area contributed by atoms with Crippen molar-refractivity contribution in [3.8, 4) is 0 Å². The van der Waals surface area contributed by atoms with Crippen LogP contribution in [-0.2, 0) is 19.6 Å². The van der Waals surface area contributed by atoms with Crippen LogP contribution < -0.4 is 14.9 Å². The standard InChI is InChI=1S/C19H10Cl4N4O4S2/c20-11-7-13(22)14(8-12(11)21)27-17(28)15(23)16(18(27)29)25-9-1-3-10(4-2-9)33(30,31)26-19-24-5-6-32-19/h1-8,25H,(H,24,26). The Labute approximate surface area is 211 Å². The third-order valence-electron chi connectivity index (χ3n) is 4.35. The average molecular weight is 564 g/mol. The maximum Gasteiger partial charge on any atom is 0.283 e. The monoisotopic (exact) mass is 562 g/mol. The van der Waals surface area contributed by atoms with Gasteiger partial charge in [0.05, 0.1) is 25.7 Å². The van der Waals surface area contributed by atoms with E-state index in [-0.39, 0.29) is 41.5 Å². The van der Waals surface area contributed by atoms with E-state index in [2.05, 4.69) is 15.0 Å². The second kappa shape index (κ2) is 9.13. The van der Waals surface area contributed by atoms with E-state index >= 15 is 0 Å². The third-order valence-corrected chi connectivity index (χ3v) is 7.89. The molecule has 0 saturated carbocycles. The maximum atomic E-state index is 12.9. The number of carbonyl (C=O) groups excluding carboxylic acids is 2. The molecule has 0 bridgehead atoms. The number of benzene rings is 2. The summed E-state index contributed by atoms with van der Waals surface area (Å²) in [6.45, 7) is 0. The fraction of sp³-hybridized carbons (Fsp3) is 0. The van der Waals surface area contributed by atoms with Crippen molar-refractivity contribution in [3.63, 3.8) is 0 Å². The summed E-state index contributed by atoms with van der Waals surface area (Å²) in [5.74, 6) is -1.58. The number of anilines is 3. The number of hydrogen-bond acceptors (Lipinski definition) is 7. The van der Waals surface area contributed by atoms with Gasteiger partial charge in [-0.3, -0.25) is 14.3 Å². The summed E-state index contributed by atoms with van der Waals surface area (Å²) in [6.07, 6.45) is 1.47. The van der Waals surface area contributed by atoms with Gasteiger partial charge >= 0.3 is 0 Å². The van der Waals surface area contributed by atoms with Crippen LogP contribution in [0.5, 0.6) is 0 Å². The predicted octanol–water partition coefficient (Wildman–Crippen LogP) is 5.34. The number of sulfonamides is 1. The van der Waals surface area contributed by atoms with Crippen LogP contribution in [0, 0.1) is 0 Å². The van der Waals surface area contributed by atoms with Crippen LogP contribution in [0.15, 0.2) is 63.6 Å². The summed E-state index contributed by atoms with van der Waals surface area (Å²) in [7, 11) is -3.85. The number of nitrogens with one attached hydrogen (secondary N) is 2. The van der Waals surface area contributed by atoms with Crippen molar-refractivity contribution in [1.82, 2.24) is 4.98 Å². The maximum absolute atomic E-state index is 12.9. The number of nitrogens with zero attached hydrogens (tertiary/aromatic N) is 2. The Morgan fingerprint density at radius 3 is 2.21 bits per heavy atom. The Bertz CT molecular complexity index is 1410. The van der Waals surface area contributed by atoms with Crippen molar-refractivity contribution in [3.05, 3.63) is 73.8 Å². The molecule has 0 unspecified atom stereocenters. The van der Waals surface area contributed by atoms with Crippen molar-refractivity contribution in [1.29, 1.82) is 0 Å². The summed E-state index contributed by atoms with van der Waals surface area (Å²) in [4.78, 5) is 30.2. The Balaban J connectivity index is 1.56. The van der Waals surface area contributed by atoms with E-state index in [1.54, 1.807) is 5.38 Å². The van der Waals surface area contributed by atoms with Gasteiger partial charge in [0.1, 0.15) is 10.7 Å². The minimum absolute atomic E-state index is 0.0192. The SMILES string of the molecule is O=C1C(Cl)=C(Nc2ccc(S(=O)(=O)Nc3nccs3)cc2)C(=O)N1c1cc(Cl)c(Cl)cc1Cl. The minimum Gasteiger partial charge on any atom is -0.350 e. The number of aromatic nitrogens is 1. The first kappa shape index (κ1) is 23.8. The Morgan fingerprint density at radius 1 is 0.909 bits per heavy atom. The number of imide groups is 1. The highest BCUT2D eigenvalue weighted by Gasteiger charge is 2.40. The number of rotatable bonds is 6. The summed E-state index contributed by atoms with van der Waals surface area (Å²) >= 11 is 25.3. The molecule has 0 radical (unpaired) electrons. The fourth-order valence-electron chi connectivity index (χ4n) is 2.82. The van der Waals surface area contributed by atoms with Crippen molar-refractivity contribution in [2.75, 3.05) is 14.9 Å². The molecule has 0 atom stereocenters. The molecule has 14 heteroatoms. The van der Waals surface area contributed by atoms with Crippen molar-refractivity contribution in [2.45, 2.75) is 4.90 Å². The second-order valence-corrected chi connectivity index (χ2v) is 10.6. The summed E-state index contributed by atoms with van der Waals surface area (Å²) < 4.78 is 27.3. The van der Waals surface area contributed by atoms with Gasteiger partial charge in [-0.15, -0.1) is 11.3 Å². The first-order valence-corrected chi connectivity index (χ1v) is 12.7. The number of hydrogen-bond donors (Lipinski definition) is 2. The normalized spacial score (nSPS) is 14.2. The highest BCUT2D eigenvalue weighted by molar-refractivity contribution is 7.93.